The number of rotatable bonds is 8. The Morgan fingerprint density at radius 3 is 3.00 bits per heavy atom. The highest BCUT2D eigenvalue weighted by atomic mass is 16.5. The number of nitrogens with zero attached hydrogens (tertiary/aromatic N) is 2. The number of hydrogen-bond acceptors (Lipinski definition) is 3. The molecule has 0 saturated heterocycles. The molecule has 1 atom stereocenters. The Kier molecular flexibility index (Phi) is 4.64. The Hall–Kier alpha value is -1.03. The second-order valence-corrected chi connectivity index (χ2v) is 5.45. The normalized spacial score (nSPS) is 16.8. The average Bonchev–Trinajstić information content (AvgIpc) is 3.12. The van der Waals surface area contributed by atoms with E-state index in [1.54, 1.807) is 7.11 Å². The fraction of sp³-hybridized carbons (Fsp3) is 0.786. The fourth-order valence-corrected chi connectivity index (χ4v) is 2.37. The van der Waals surface area contributed by atoms with Gasteiger partial charge in [-0.05, 0) is 38.0 Å². The van der Waals surface area contributed by atoms with Crippen molar-refractivity contribution >= 4 is 5.95 Å². The van der Waals surface area contributed by atoms with Crippen LogP contribution in [0.4, 0.5) is 5.95 Å². The maximum atomic E-state index is 5.05. The van der Waals surface area contributed by atoms with E-state index in [1.165, 1.54) is 12.8 Å². The minimum Gasteiger partial charge on any atom is -0.385 e. The van der Waals surface area contributed by atoms with Gasteiger partial charge in [0.15, 0.2) is 0 Å². The highest BCUT2D eigenvalue weighted by molar-refractivity contribution is 5.28. The van der Waals surface area contributed by atoms with Gasteiger partial charge in [0.1, 0.15) is 0 Å². The number of hydrogen-bond donors (Lipinski definition) is 1. The van der Waals surface area contributed by atoms with Crippen LogP contribution in [0, 0.1) is 18.8 Å². The van der Waals surface area contributed by atoms with Crippen molar-refractivity contribution in [3.8, 4) is 0 Å². The molecule has 0 aromatic carbocycles. The van der Waals surface area contributed by atoms with Crippen molar-refractivity contribution in [2.45, 2.75) is 39.7 Å². The number of nitrogens with one attached hydrogen (secondary N) is 1. The predicted molar refractivity (Wildman–Crippen MR) is 73.8 cm³/mol. The van der Waals surface area contributed by atoms with Gasteiger partial charge in [0.05, 0.1) is 5.69 Å². The summed E-state index contributed by atoms with van der Waals surface area (Å²) in [5.41, 5.74) is 1.09. The molecular formula is C14H25N3O. The summed E-state index contributed by atoms with van der Waals surface area (Å²) in [5, 5.41) is 3.41. The number of ether oxygens (including phenoxy) is 1. The zero-order valence-corrected chi connectivity index (χ0v) is 11.8. The molecule has 102 valence electrons. The first kappa shape index (κ1) is 13.4. The van der Waals surface area contributed by atoms with E-state index in [9.17, 15) is 0 Å². The van der Waals surface area contributed by atoms with Crippen molar-refractivity contribution < 1.29 is 4.74 Å². The summed E-state index contributed by atoms with van der Waals surface area (Å²) in [6, 6.07) is 0. The van der Waals surface area contributed by atoms with Crippen LogP contribution in [0.25, 0.3) is 0 Å². The van der Waals surface area contributed by atoms with Crippen LogP contribution < -0.4 is 5.32 Å². The lowest BCUT2D eigenvalue weighted by molar-refractivity contribution is 0.197. The monoisotopic (exact) mass is 251 g/mol. The van der Waals surface area contributed by atoms with Crippen molar-refractivity contribution in [3.63, 3.8) is 0 Å². The smallest absolute Gasteiger partial charge is 0.203 e. The molecule has 18 heavy (non-hydrogen) atoms. The molecule has 2 rings (SSSR count). The van der Waals surface area contributed by atoms with E-state index in [0.29, 0.717) is 0 Å². The zero-order chi connectivity index (χ0) is 13.0. The molecule has 1 aromatic rings. The van der Waals surface area contributed by atoms with Crippen LogP contribution in [0.3, 0.4) is 0 Å². The van der Waals surface area contributed by atoms with Crippen LogP contribution in [0.2, 0.25) is 0 Å². The second kappa shape index (κ2) is 6.23. The van der Waals surface area contributed by atoms with Crippen LogP contribution in [0.1, 0.15) is 31.9 Å². The van der Waals surface area contributed by atoms with E-state index in [4.69, 9.17) is 4.74 Å². The number of anilines is 1. The third-order valence-electron chi connectivity index (χ3n) is 3.62. The Balaban J connectivity index is 1.87. The first-order valence-electron chi connectivity index (χ1n) is 6.97. The van der Waals surface area contributed by atoms with Gasteiger partial charge in [-0.3, -0.25) is 0 Å². The van der Waals surface area contributed by atoms with Gasteiger partial charge in [0, 0.05) is 33.0 Å². The SMILES string of the molecule is COCCCNc1nc(C)cn1CC(C)C1CC1. The first-order valence-corrected chi connectivity index (χ1v) is 6.97. The number of aryl methyl sites for hydroxylation is 1. The number of methoxy groups -OCH3 is 1. The Morgan fingerprint density at radius 2 is 2.33 bits per heavy atom. The van der Waals surface area contributed by atoms with E-state index >= 15 is 0 Å². The molecule has 0 aliphatic heterocycles. The Bertz CT molecular complexity index is 371. The van der Waals surface area contributed by atoms with E-state index in [0.717, 1.165) is 49.6 Å². The van der Waals surface area contributed by atoms with E-state index < -0.39 is 0 Å². The minimum atomic E-state index is 0.762. The maximum Gasteiger partial charge on any atom is 0.203 e. The van der Waals surface area contributed by atoms with E-state index in [-0.39, 0.29) is 0 Å². The molecule has 0 bridgehead atoms. The van der Waals surface area contributed by atoms with Crippen molar-refractivity contribution in [2.75, 3.05) is 25.6 Å². The van der Waals surface area contributed by atoms with Crippen LogP contribution in [-0.4, -0.2) is 29.8 Å². The van der Waals surface area contributed by atoms with Gasteiger partial charge in [-0.1, -0.05) is 6.92 Å². The van der Waals surface area contributed by atoms with Crippen molar-refractivity contribution in [1.82, 2.24) is 9.55 Å². The van der Waals surface area contributed by atoms with Crippen molar-refractivity contribution in [2.24, 2.45) is 11.8 Å². The summed E-state index contributed by atoms with van der Waals surface area (Å²) >= 11 is 0. The molecule has 1 saturated carbocycles. The molecule has 1 heterocycles. The fourth-order valence-electron chi connectivity index (χ4n) is 2.37. The van der Waals surface area contributed by atoms with Gasteiger partial charge in [0.25, 0.3) is 0 Å². The van der Waals surface area contributed by atoms with E-state index in [2.05, 4.69) is 34.9 Å². The van der Waals surface area contributed by atoms with Gasteiger partial charge in [0.2, 0.25) is 5.95 Å². The molecule has 1 unspecified atom stereocenters. The summed E-state index contributed by atoms with van der Waals surface area (Å²) in [4.78, 5) is 4.55. The molecule has 4 nitrogen and oxygen atoms in total. The summed E-state index contributed by atoms with van der Waals surface area (Å²) in [7, 11) is 1.74. The van der Waals surface area contributed by atoms with Gasteiger partial charge in [-0.25, -0.2) is 4.98 Å². The highest BCUT2D eigenvalue weighted by Gasteiger charge is 2.28. The second-order valence-electron chi connectivity index (χ2n) is 5.45. The molecule has 0 radical (unpaired) electrons. The Morgan fingerprint density at radius 1 is 1.56 bits per heavy atom. The molecule has 4 heteroatoms. The molecule has 1 aliphatic rings. The van der Waals surface area contributed by atoms with Gasteiger partial charge in [-0.15, -0.1) is 0 Å². The van der Waals surface area contributed by atoms with Crippen molar-refractivity contribution in [3.05, 3.63) is 11.9 Å². The van der Waals surface area contributed by atoms with Gasteiger partial charge in [-0.2, -0.15) is 0 Å². The topological polar surface area (TPSA) is 39.1 Å². The minimum absolute atomic E-state index is 0.762. The van der Waals surface area contributed by atoms with Crippen LogP contribution in [0.15, 0.2) is 6.20 Å². The predicted octanol–water partition coefficient (Wildman–Crippen LogP) is 2.69. The maximum absolute atomic E-state index is 5.05. The zero-order valence-electron chi connectivity index (χ0n) is 11.8. The average molecular weight is 251 g/mol. The molecule has 1 N–H and O–H groups in total. The molecule has 1 aromatic heterocycles. The van der Waals surface area contributed by atoms with Crippen LogP contribution >= 0.6 is 0 Å². The lowest BCUT2D eigenvalue weighted by atomic mass is 10.1. The third-order valence-corrected chi connectivity index (χ3v) is 3.62. The lowest BCUT2D eigenvalue weighted by Gasteiger charge is -2.14. The number of aromatic nitrogens is 2. The van der Waals surface area contributed by atoms with Gasteiger partial charge < -0.3 is 14.6 Å². The molecular weight excluding hydrogens is 226 g/mol. The standard InChI is InChI=1S/C14H25N3O/c1-11(13-5-6-13)9-17-10-12(2)16-14(17)15-7-4-8-18-3/h10-11,13H,4-9H2,1-3H3,(H,15,16). The quantitative estimate of drug-likeness (QED) is 0.722. The molecule has 1 aliphatic carbocycles. The summed E-state index contributed by atoms with van der Waals surface area (Å²) in [5.74, 6) is 2.71. The third kappa shape index (κ3) is 3.73. The lowest BCUT2D eigenvalue weighted by Crippen LogP contribution is -2.14. The largest absolute Gasteiger partial charge is 0.385 e. The van der Waals surface area contributed by atoms with Gasteiger partial charge >= 0.3 is 0 Å². The van der Waals surface area contributed by atoms with Crippen LogP contribution in [-0.2, 0) is 11.3 Å². The first-order chi connectivity index (χ1) is 8.70. The molecule has 0 spiro atoms. The van der Waals surface area contributed by atoms with Crippen molar-refractivity contribution in [1.29, 1.82) is 0 Å². The van der Waals surface area contributed by atoms with E-state index in [1.807, 2.05) is 0 Å². The Labute approximate surface area is 110 Å². The number of imidazole rings is 1. The van der Waals surface area contributed by atoms with Crippen LogP contribution in [0.5, 0.6) is 0 Å². The molecule has 0 amide bonds. The summed E-state index contributed by atoms with van der Waals surface area (Å²) in [6.07, 6.45) is 5.98. The molecule has 1 fully saturated rings. The summed E-state index contributed by atoms with van der Waals surface area (Å²) < 4.78 is 7.32. The summed E-state index contributed by atoms with van der Waals surface area (Å²) in [6.45, 7) is 7.20. The highest BCUT2D eigenvalue weighted by Crippen LogP contribution is 2.37.